The van der Waals surface area contributed by atoms with Crippen molar-refractivity contribution >= 4 is 27.6 Å². The fourth-order valence-corrected chi connectivity index (χ4v) is 3.89. The number of amides is 2. The number of hydrogen-bond donors (Lipinski definition) is 1. The number of carbonyl (C=O) groups excluding carboxylic acids is 2. The average Bonchev–Trinajstić information content (AvgIpc) is 2.84. The molecule has 27 heavy (non-hydrogen) atoms. The highest BCUT2D eigenvalue weighted by atomic mass is 32.2. The highest BCUT2D eigenvalue weighted by Crippen LogP contribution is 2.19. The smallest absolute Gasteiger partial charge is 0.323 e. The summed E-state index contributed by atoms with van der Waals surface area (Å²) >= 11 is 0. The van der Waals surface area contributed by atoms with Crippen LogP contribution in [0.15, 0.2) is 29.2 Å². The normalized spacial score (nSPS) is 17.9. The van der Waals surface area contributed by atoms with Crippen molar-refractivity contribution in [2.24, 2.45) is 0 Å². The number of nitrogens with zero attached hydrogens (tertiary/aromatic N) is 2. The summed E-state index contributed by atoms with van der Waals surface area (Å²) in [5.74, 6) is -1.56. The zero-order valence-corrected chi connectivity index (χ0v) is 16.2. The highest BCUT2D eigenvalue weighted by Gasteiger charge is 2.28. The first kappa shape index (κ1) is 20.9. The van der Waals surface area contributed by atoms with Gasteiger partial charge in [-0.25, -0.2) is 8.42 Å². The molecule has 1 saturated heterocycles. The minimum absolute atomic E-state index is 0.153. The van der Waals surface area contributed by atoms with Crippen LogP contribution in [0.2, 0.25) is 0 Å². The van der Waals surface area contributed by atoms with E-state index in [9.17, 15) is 22.8 Å². The van der Waals surface area contributed by atoms with Crippen molar-refractivity contribution in [3.8, 4) is 0 Å². The molecule has 0 aliphatic carbocycles. The van der Waals surface area contributed by atoms with Crippen LogP contribution in [0, 0.1) is 0 Å². The molecule has 2 rings (SSSR count). The van der Waals surface area contributed by atoms with Gasteiger partial charge in [0.15, 0.2) is 9.84 Å². The maximum atomic E-state index is 12.7. The van der Waals surface area contributed by atoms with Gasteiger partial charge < -0.3 is 14.9 Å². The van der Waals surface area contributed by atoms with Gasteiger partial charge in [-0.1, -0.05) is 0 Å². The van der Waals surface area contributed by atoms with Crippen LogP contribution in [0.25, 0.3) is 0 Å². The number of carboxylic acid groups (broad SMARTS) is 1. The van der Waals surface area contributed by atoms with Gasteiger partial charge in [-0.3, -0.25) is 14.4 Å². The Balaban J connectivity index is 2.07. The Morgan fingerprint density at radius 1 is 1.15 bits per heavy atom. The third-order valence-electron chi connectivity index (χ3n) is 4.67. The second-order valence-corrected chi connectivity index (χ2v) is 8.73. The van der Waals surface area contributed by atoms with Gasteiger partial charge >= 0.3 is 5.97 Å². The first-order valence-electron chi connectivity index (χ1n) is 8.68. The molecule has 1 fully saturated rings. The Kier molecular flexibility index (Phi) is 6.59. The fraction of sp³-hybridized carbons (Fsp3) is 0.500. The zero-order valence-electron chi connectivity index (χ0n) is 15.4. The van der Waals surface area contributed by atoms with E-state index in [0.29, 0.717) is 37.9 Å². The van der Waals surface area contributed by atoms with E-state index < -0.39 is 15.8 Å². The molecule has 0 radical (unpaired) electrons. The van der Waals surface area contributed by atoms with E-state index in [1.165, 1.54) is 36.1 Å². The molecule has 9 heteroatoms. The Labute approximate surface area is 158 Å². The minimum atomic E-state index is -3.32. The number of carboxylic acids is 1. The monoisotopic (exact) mass is 396 g/mol. The molecular weight excluding hydrogens is 372 g/mol. The molecule has 1 aliphatic heterocycles. The van der Waals surface area contributed by atoms with Gasteiger partial charge in [0.2, 0.25) is 5.91 Å². The van der Waals surface area contributed by atoms with E-state index in [1.807, 2.05) is 0 Å². The van der Waals surface area contributed by atoms with Crippen LogP contribution < -0.4 is 0 Å². The van der Waals surface area contributed by atoms with Crippen molar-refractivity contribution in [1.29, 1.82) is 0 Å². The van der Waals surface area contributed by atoms with Crippen LogP contribution in [0.4, 0.5) is 0 Å². The summed E-state index contributed by atoms with van der Waals surface area (Å²) in [5.41, 5.74) is 0.398. The largest absolute Gasteiger partial charge is 0.480 e. The Bertz CT molecular complexity index is 819. The van der Waals surface area contributed by atoms with Crippen molar-refractivity contribution in [2.45, 2.75) is 37.1 Å². The lowest BCUT2D eigenvalue weighted by Crippen LogP contribution is -2.43. The van der Waals surface area contributed by atoms with Crippen LogP contribution in [0.1, 0.15) is 36.5 Å². The topological polar surface area (TPSA) is 112 Å². The fourth-order valence-electron chi connectivity index (χ4n) is 3.26. The molecular formula is C18H24N2O6S. The lowest BCUT2D eigenvalue weighted by molar-refractivity contribution is -0.145. The molecule has 148 valence electrons. The molecule has 1 heterocycles. The second kappa shape index (κ2) is 8.51. The van der Waals surface area contributed by atoms with Crippen LogP contribution in [-0.2, 0) is 19.4 Å². The molecule has 0 aromatic heterocycles. The molecule has 2 amide bonds. The van der Waals surface area contributed by atoms with Gasteiger partial charge in [0, 0.05) is 37.9 Å². The number of likely N-dealkylation sites (tertiary alicyclic amines) is 1. The van der Waals surface area contributed by atoms with E-state index in [2.05, 4.69) is 0 Å². The summed E-state index contributed by atoms with van der Waals surface area (Å²) < 4.78 is 23.0. The lowest BCUT2D eigenvalue weighted by atomic mass is 10.1. The molecule has 1 N–H and O–H groups in total. The predicted molar refractivity (Wildman–Crippen MR) is 98.1 cm³/mol. The SMILES string of the molecule is CC(=O)N(CC(=O)O)C1CCCN(C(=O)c2ccc(S(C)(=O)=O)cc2)CC1. The molecule has 1 aromatic carbocycles. The summed E-state index contributed by atoms with van der Waals surface area (Å²) in [6.07, 6.45) is 2.89. The number of sulfone groups is 1. The van der Waals surface area contributed by atoms with E-state index in [1.54, 1.807) is 4.90 Å². The summed E-state index contributed by atoms with van der Waals surface area (Å²) in [6, 6.07) is 5.59. The summed E-state index contributed by atoms with van der Waals surface area (Å²) in [5, 5.41) is 9.00. The Hall–Kier alpha value is -2.42. The van der Waals surface area contributed by atoms with Crippen LogP contribution in [-0.4, -0.2) is 73.0 Å². The molecule has 0 saturated carbocycles. The molecule has 0 spiro atoms. The summed E-state index contributed by atoms with van der Waals surface area (Å²) in [6.45, 7) is 1.91. The standard InChI is InChI=1S/C18H24N2O6S/c1-13(21)20(12-17(22)23)15-4-3-10-19(11-9-15)18(24)14-5-7-16(8-6-14)27(2,25)26/h5-8,15H,3-4,9-12H2,1-2H3,(H,22,23). The average molecular weight is 396 g/mol. The predicted octanol–water partition coefficient (Wildman–Crippen LogP) is 1.02. The van der Waals surface area contributed by atoms with Crippen LogP contribution in [0.5, 0.6) is 0 Å². The molecule has 1 aliphatic rings. The van der Waals surface area contributed by atoms with Gasteiger partial charge in [0.25, 0.3) is 5.91 Å². The van der Waals surface area contributed by atoms with Crippen molar-refractivity contribution in [2.75, 3.05) is 25.9 Å². The van der Waals surface area contributed by atoms with E-state index >= 15 is 0 Å². The lowest BCUT2D eigenvalue weighted by Gasteiger charge is -2.28. The summed E-state index contributed by atoms with van der Waals surface area (Å²) in [4.78, 5) is 38.6. The number of benzene rings is 1. The molecule has 8 nitrogen and oxygen atoms in total. The van der Waals surface area contributed by atoms with Crippen LogP contribution >= 0.6 is 0 Å². The molecule has 0 bridgehead atoms. The van der Waals surface area contributed by atoms with Crippen molar-refractivity contribution in [3.05, 3.63) is 29.8 Å². The maximum Gasteiger partial charge on any atom is 0.323 e. The van der Waals surface area contributed by atoms with Crippen molar-refractivity contribution in [3.63, 3.8) is 0 Å². The third kappa shape index (κ3) is 5.53. The molecule has 1 aromatic rings. The minimum Gasteiger partial charge on any atom is -0.480 e. The molecule has 1 atom stereocenters. The van der Waals surface area contributed by atoms with E-state index in [4.69, 9.17) is 5.11 Å². The Morgan fingerprint density at radius 3 is 2.30 bits per heavy atom. The van der Waals surface area contributed by atoms with Gasteiger partial charge in [-0.2, -0.15) is 0 Å². The van der Waals surface area contributed by atoms with Crippen molar-refractivity contribution < 1.29 is 27.9 Å². The van der Waals surface area contributed by atoms with E-state index in [0.717, 1.165) is 6.26 Å². The van der Waals surface area contributed by atoms with Gasteiger partial charge in [-0.15, -0.1) is 0 Å². The van der Waals surface area contributed by atoms with E-state index in [-0.39, 0.29) is 29.3 Å². The number of rotatable bonds is 5. The van der Waals surface area contributed by atoms with Crippen molar-refractivity contribution in [1.82, 2.24) is 9.80 Å². The quantitative estimate of drug-likeness (QED) is 0.795. The molecule has 1 unspecified atom stereocenters. The first-order valence-corrected chi connectivity index (χ1v) is 10.6. The number of hydrogen-bond acceptors (Lipinski definition) is 5. The Morgan fingerprint density at radius 2 is 1.78 bits per heavy atom. The van der Waals surface area contributed by atoms with Crippen LogP contribution in [0.3, 0.4) is 0 Å². The highest BCUT2D eigenvalue weighted by molar-refractivity contribution is 7.90. The van der Waals surface area contributed by atoms with Gasteiger partial charge in [0.05, 0.1) is 4.90 Å². The number of aliphatic carboxylic acids is 1. The second-order valence-electron chi connectivity index (χ2n) is 6.71. The maximum absolute atomic E-state index is 12.7. The first-order chi connectivity index (χ1) is 12.6. The third-order valence-corrected chi connectivity index (χ3v) is 5.79. The zero-order chi connectivity index (χ0) is 20.2. The summed E-state index contributed by atoms with van der Waals surface area (Å²) in [7, 11) is -3.32. The van der Waals surface area contributed by atoms with Gasteiger partial charge in [0.1, 0.15) is 6.54 Å². The number of carbonyl (C=O) groups is 3. The van der Waals surface area contributed by atoms with Gasteiger partial charge in [-0.05, 0) is 43.5 Å².